The van der Waals surface area contributed by atoms with Crippen molar-refractivity contribution in [2.75, 3.05) is 0 Å². The van der Waals surface area contributed by atoms with Gasteiger partial charge in [-0.3, -0.25) is 4.79 Å². The van der Waals surface area contributed by atoms with Crippen LogP contribution >= 0.6 is 15.9 Å². The van der Waals surface area contributed by atoms with E-state index < -0.39 is 0 Å². The Morgan fingerprint density at radius 2 is 2.00 bits per heavy atom. The second-order valence-electron chi connectivity index (χ2n) is 5.32. The molecule has 122 valence electrons. The molecule has 4 N–H and O–H groups in total. The molecule has 0 saturated carbocycles. The van der Waals surface area contributed by atoms with Gasteiger partial charge in [0.15, 0.2) is 0 Å². The maximum Gasteiger partial charge on any atom is 0.220 e. The fourth-order valence-electron chi connectivity index (χ4n) is 2.17. The van der Waals surface area contributed by atoms with Gasteiger partial charge in [-0.2, -0.15) is 0 Å². The minimum Gasteiger partial charge on any atom is -0.456 e. The van der Waals surface area contributed by atoms with E-state index in [0.29, 0.717) is 28.9 Å². The normalized spacial score (nSPS) is 12.0. The molecule has 1 amide bonds. The van der Waals surface area contributed by atoms with E-state index in [4.69, 9.17) is 16.2 Å². The van der Waals surface area contributed by atoms with Crippen LogP contribution < -0.4 is 16.2 Å². The van der Waals surface area contributed by atoms with E-state index in [9.17, 15) is 9.18 Å². The van der Waals surface area contributed by atoms with E-state index >= 15 is 0 Å². The van der Waals surface area contributed by atoms with Gasteiger partial charge in [0.1, 0.15) is 17.3 Å². The lowest BCUT2D eigenvalue weighted by atomic mass is 9.96. The van der Waals surface area contributed by atoms with E-state index in [1.165, 1.54) is 12.1 Å². The number of nitrogens with two attached hydrogens (primary N) is 2. The molecule has 0 fully saturated rings. The van der Waals surface area contributed by atoms with Gasteiger partial charge in [-0.05, 0) is 63.8 Å². The van der Waals surface area contributed by atoms with Gasteiger partial charge in [0, 0.05) is 12.5 Å². The van der Waals surface area contributed by atoms with Crippen molar-refractivity contribution in [2.24, 2.45) is 17.4 Å². The first-order chi connectivity index (χ1) is 10.9. The molecule has 0 aliphatic rings. The number of halogens is 2. The molecule has 0 radical (unpaired) electrons. The summed E-state index contributed by atoms with van der Waals surface area (Å²) in [4.78, 5) is 11.3. The Hall–Kier alpha value is -1.92. The lowest BCUT2D eigenvalue weighted by molar-refractivity contribution is -0.121. The highest BCUT2D eigenvalue weighted by atomic mass is 79.9. The van der Waals surface area contributed by atoms with Crippen LogP contribution in [0.4, 0.5) is 4.39 Å². The largest absolute Gasteiger partial charge is 0.456 e. The van der Waals surface area contributed by atoms with Crippen molar-refractivity contribution >= 4 is 21.8 Å². The Bertz CT molecular complexity index is 722. The third-order valence-corrected chi connectivity index (χ3v) is 4.15. The molecule has 23 heavy (non-hydrogen) atoms. The number of amides is 1. The third kappa shape index (κ3) is 4.53. The van der Waals surface area contributed by atoms with Crippen molar-refractivity contribution in [1.29, 1.82) is 0 Å². The summed E-state index contributed by atoms with van der Waals surface area (Å²) in [6, 6.07) is 9.68. The summed E-state index contributed by atoms with van der Waals surface area (Å²) in [6.07, 6.45) is 0.490. The first-order valence-electron chi connectivity index (χ1n) is 7.14. The van der Waals surface area contributed by atoms with Crippen molar-refractivity contribution in [1.82, 2.24) is 0 Å². The summed E-state index contributed by atoms with van der Waals surface area (Å²) < 4.78 is 19.4. The number of ether oxygens (including phenoxy) is 1. The second kappa shape index (κ2) is 7.57. The minimum atomic E-state index is -0.361. The van der Waals surface area contributed by atoms with Crippen LogP contribution in [0.5, 0.6) is 11.5 Å². The monoisotopic (exact) mass is 380 g/mol. The summed E-state index contributed by atoms with van der Waals surface area (Å²) >= 11 is 3.26. The molecule has 2 aromatic carbocycles. The number of hydrogen-bond donors (Lipinski definition) is 2. The number of hydrogen-bond acceptors (Lipinski definition) is 3. The quantitative estimate of drug-likeness (QED) is 0.804. The standard InChI is InChI=1S/C17H18BrFN2O2/c1-10(17(21)22)6-12-7-14(4-2-11(12)9-20)23-16-5-3-13(19)8-15(16)18/h2-5,7-8,10H,6,9,20H2,1H3,(H2,21,22). The van der Waals surface area contributed by atoms with E-state index in [-0.39, 0.29) is 17.6 Å². The van der Waals surface area contributed by atoms with Gasteiger partial charge >= 0.3 is 0 Å². The van der Waals surface area contributed by atoms with Crippen LogP contribution in [0.15, 0.2) is 40.9 Å². The first kappa shape index (κ1) is 17.4. The van der Waals surface area contributed by atoms with Crippen LogP contribution in [0.25, 0.3) is 0 Å². The van der Waals surface area contributed by atoms with Crippen LogP contribution in [0.1, 0.15) is 18.1 Å². The van der Waals surface area contributed by atoms with Gasteiger partial charge in [0.05, 0.1) is 4.47 Å². The molecule has 0 aliphatic carbocycles. The second-order valence-corrected chi connectivity index (χ2v) is 6.17. The summed E-state index contributed by atoms with van der Waals surface area (Å²) in [5, 5.41) is 0. The Morgan fingerprint density at radius 3 is 2.61 bits per heavy atom. The van der Waals surface area contributed by atoms with E-state index in [1.54, 1.807) is 19.1 Å². The summed E-state index contributed by atoms with van der Waals surface area (Å²) in [5.41, 5.74) is 12.9. The van der Waals surface area contributed by atoms with E-state index in [0.717, 1.165) is 11.1 Å². The van der Waals surface area contributed by atoms with Crippen molar-refractivity contribution in [3.05, 3.63) is 57.8 Å². The maximum absolute atomic E-state index is 13.1. The van der Waals surface area contributed by atoms with Gasteiger partial charge < -0.3 is 16.2 Å². The molecule has 0 spiro atoms. The first-order valence-corrected chi connectivity index (χ1v) is 7.94. The molecule has 1 atom stereocenters. The zero-order valence-corrected chi connectivity index (χ0v) is 14.3. The van der Waals surface area contributed by atoms with Crippen molar-refractivity contribution < 1.29 is 13.9 Å². The molecule has 0 heterocycles. The molecule has 2 aromatic rings. The van der Waals surface area contributed by atoms with E-state index in [1.807, 2.05) is 12.1 Å². The van der Waals surface area contributed by atoms with Gasteiger partial charge in [0.2, 0.25) is 5.91 Å². The van der Waals surface area contributed by atoms with Crippen molar-refractivity contribution in [3.8, 4) is 11.5 Å². The number of carbonyl (C=O) groups is 1. The molecular formula is C17H18BrFN2O2. The predicted octanol–water partition coefficient (Wildman–Crippen LogP) is 3.50. The lowest BCUT2D eigenvalue weighted by Crippen LogP contribution is -2.23. The zero-order valence-electron chi connectivity index (χ0n) is 12.7. The highest BCUT2D eigenvalue weighted by Gasteiger charge is 2.13. The van der Waals surface area contributed by atoms with Crippen LogP contribution in [-0.4, -0.2) is 5.91 Å². The highest BCUT2D eigenvalue weighted by Crippen LogP contribution is 2.31. The van der Waals surface area contributed by atoms with Crippen molar-refractivity contribution in [3.63, 3.8) is 0 Å². The van der Waals surface area contributed by atoms with Crippen molar-refractivity contribution in [2.45, 2.75) is 19.9 Å². The average molecular weight is 381 g/mol. The third-order valence-electron chi connectivity index (χ3n) is 3.53. The van der Waals surface area contributed by atoms with Crippen LogP contribution in [0.2, 0.25) is 0 Å². The van der Waals surface area contributed by atoms with Gasteiger partial charge in [0.25, 0.3) is 0 Å². The van der Waals surface area contributed by atoms with Gasteiger partial charge in [-0.25, -0.2) is 4.39 Å². The number of carbonyl (C=O) groups excluding carboxylic acids is 1. The number of rotatable bonds is 6. The van der Waals surface area contributed by atoms with Gasteiger partial charge in [-0.1, -0.05) is 13.0 Å². The minimum absolute atomic E-state index is 0.298. The molecule has 0 aliphatic heterocycles. The Kier molecular flexibility index (Phi) is 5.74. The lowest BCUT2D eigenvalue weighted by Gasteiger charge is -2.14. The summed E-state index contributed by atoms with van der Waals surface area (Å²) in [5.74, 6) is 0.0781. The average Bonchev–Trinajstić information content (AvgIpc) is 2.50. The van der Waals surface area contributed by atoms with Crippen LogP contribution in [0.3, 0.4) is 0 Å². The highest BCUT2D eigenvalue weighted by molar-refractivity contribution is 9.10. The number of primary amides is 1. The SMILES string of the molecule is CC(Cc1cc(Oc2ccc(F)cc2Br)ccc1CN)C(N)=O. The number of benzene rings is 2. The van der Waals surface area contributed by atoms with Gasteiger partial charge in [-0.15, -0.1) is 0 Å². The fourth-order valence-corrected chi connectivity index (χ4v) is 2.60. The molecular weight excluding hydrogens is 363 g/mol. The Labute approximate surface area is 142 Å². The molecule has 2 rings (SSSR count). The topological polar surface area (TPSA) is 78.3 Å². The Morgan fingerprint density at radius 1 is 1.26 bits per heavy atom. The van der Waals surface area contributed by atoms with Crippen LogP contribution in [0, 0.1) is 11.7 Å². The molecule has 6 heteroatoms. The molecule has 0 bridgehead atoms. The maximum atomic E-state index is 13.1. The summed E-state index contributed by atoms with van der Waals surface area (Å²) in [7, 11) is 0. The Balaban J connectivity index is 2.27. The smallest absolute Gasteiger partial charge is 0.220 e. The zero-order chi connectivity index (χ0) is 17.0. The molecule has 0 saturated heterocycles. The summed E-state index contributed by atoms with van der Waals surface area (Å²) in [6.45, 7) is 2.13. The van der Waals surface area contributed by atoms with E-state index in [2.05, 4.69) is 15.9 Å². The van der Waals surface area contributed by atoms with Crippen LogP contribution in [-0.2, 0) is 17.8 Å². The fraction of sp³-hybridized carbons (Fsp3) is 0.235. The molecule has 1 unspecified atom stereocenters. The predicted molar refractivity (Wildman–Crippen MR) is 90.6 cm³/mol. The molecule has 4 nitrogen and oxygen atoms in total. The molecule has 0 aromatic heterocycles.